The van der Waals surface area contributed by atoms with Gasteiger partial charge >= 0.3 is 0 Å². The summed E-state index contributed by atoms with van der Waals surface area (Å²) in [5.74, 6) is 2.37. The number of hydrogen-bond acceptors (Lipinski definition) is 5. The molecule has 0 saturated carbocycles. The quantitative estimate of drug-likeness (QED) is 0.578. The summed E-state index contributed by atoms with van der Waals surface area (Å²) in [6, 6.07) is 14.5. The average molecular weight is 396 g/mol. The van der Waals surface area contributed by atoms with Gasteiger partial charge in [-0.2, -0.15) is 0 Å². The number of hydrogen-bond donors (Lipinski definition) is 2. The summed E-state index contributed by atoms with van der Waals surface area (Å²) in [6.45, 7) is 7.84. The van der Waals surface area contributed by atoms with Crippen molar-refractivity contribution in [2.45, 2.75) is 20.0 Å². The Balaban J connectivity index is 1.41. The summed E-state index contributed by atoms with van der Waals surface area (Å²) in [5.41, 5.74) is 3.60. The number of benzene rings is 2. The Morgan fingerprint density at radius 2 is 1.86 bits per heavy atom. The van der Waals surface area contributed by atoms with Crippen LogP contribution in [0.1, 0.15) is 18.1 Å². The van der Waals surface area contributed by atoms with E-state index in [1.807, 2.05) is 18.2 Å². The first-order valence-corrected chi connectivity index (χ1v) is 10.1. The minimum absolute atomic E-state index is 0.287. The molecule has 0 radical (unpaired) electrons. The highest BCUT2D eigenvalue weighted by Gasteiger charge is 2.15. The number of morpholine rings is 1. The van der Waals surface area contributed by atoms with E-state index in [1.165, 1.54) is 11.3 Å². The second kappa shape index (κ2) is 9.52. The molecule has 29 heavy (non-hydrogen) atoms. The second-order valence-corrected chi connectivity index (χ2v) is 6.96. The molecule has 7 nitrogen and oxygen atoms in total. The summed E-state index contributed by atoms with van der Waals surface area (Å²) >= 11 is 0. The second-order valence-electron chi connectivity index (χ2n) is 6.96. The van der Waals surface area contributed by atoms with Crippen LogP contribution >= 0.6 is 0 Å². The third-order valence-electron chi connectivity index (χ3n) is 4.99. The van der Waals surface area contributed by atoms with Crippen LogP contribution in [-0.2, 0) is 17.8 Å². The van der Waals surface area contributed by atoms with Crippen LogP contribution in [0.25, 0.3) is 0 Å². The van der Waals surface area contributed by atoms with Crippen LogP contribution in [-0.4, -0.2) is 45.6 Å². The van der Waals surface area contributed by atoms with Crippen LogP contribution in [0.15, 0.2) is 47.5 Å². The molecule has 154 valence electrons. The zero-order chi connectivity index (χ0) is 19.9. The van der Waals surface area contributed by atoms with Crippen molar-refractivity contribution in [1.82, 2.24) is 10.6 Å². The Labute approximate surface area is 171 Å². The highest BCUT2D eigenvalue weighted by molar-refractivity contribution is 5.80. The largest absolute Gasteiger partial charge is 0.454 e. The van der Waals surface area contributed by atoms with Crippen molar-refractivity contribution in [1.29, 1.82) is 0 Å². The Morgan fingerprint density at radius 3 is 2.72 bits per heavy atom. The molecule has 0 aliphatic carbocycles. The number of anilines is 1. The van der Waals surface area contributed by atoms with Gasteiger partial charge in [-0.3, -0.25) is 0 Å². The van der Waals surface area contributed by atoms with E-state index in [9.17, 15) is 0 Å². The minimum Gasteiger partial charge on any atom is -0.454 e. The Bertz CT molecular complexity index is 850. The first-order chi connectivity index (χ1) is 14.3. The van der Waals surface area contributed by atoms with Gasteiger partial charge in [-0.05, 0) is 36.2 Å². The molecule has 1 fully saturated rings. The lowest BCUT2D eigenvalue weighted by Gasteiger charge is -2.30. The van der Waals surface area contributed by atoms with Crippen molar-refractivity contribution >= 4 is 11.6 Å². The standard InChI is InChI=1S/C22H28N4O3/c1-2-23-22(24-14-17-7-8-20-21(13-17)29-16-28-20)25-15-18-5-3-4-6-19(18)26-9-11-27-12-10-26/h3-8,13H,2,9-12,14-16H2,1H3,(H2,23,24,25). The van der Waals surface area contributed by atoms with Gasteiger partial charge in [0.25, 0.3) is 0 Å². The molecule has 2 N–H and O–H groups in total. The van der Waals surface area contributed by atoms with Gasteiger partial charge in [0, 0.05) is 31.9 Å². The molecular weight excluding hydrogens is 368 g/mol. The molecule has 7 heteroatoms. The van der Waals surface area contributed by atoms with Crippen molar-refractivity contribution in [3.05, 3.63) is 53.6 Å². The van der Waals surface area contributed by atoms with Crippen molar-refractivity contribution in [2.75, 3.05) is 44.5 Å². The van der Waals surface area contributed by atoms with Gasteiger partial charge in [0.1, 0.15) is 0 Å². The van der Waals surface area contributed by atoms with E-state index < -0.39 is 0 Å². The maximum atomic E-state index is 5.49. The van der Waals surface area contributed by atoms with E-state index in [2.05, 4.69) is 46.7 Å². The van der Waals surface area contributed by atoms with Crippen LogP contribution in [0.2, 0.25) is 0 Å². The Kier molecular flexibility index (Phi) is 6.36. The molecule has 2 aliphatic heterocycles. The highest BCUT2D eigenvalue weighted by atomic mass is 16.7. The zero-order valence-electron chi connectivity index (χ0n) is 16.8. The molecule has 0 unspecified atom stereocenters. The number of rotatable bonds is 6. The van der Waals surface area contributed by atoms with Gasteiger partial charge in [0.2, 0.25) is 6.79 Å². The molecule has 1 saturated heterocycles. The van der Waals surface area contributed by atoms with Crippen molar-refractivity contribution in [3.63, 3.8) is 0 Å². The lowest BCUT2D eigenvalue weighted by Crippen LogP contribution is -2.39. The molecule has 0 spiro atoms. The van der Waals surface area contributed by atoms with E-state index in [0.717, 1.165) is 55.9 Å². The summed E-state index contributed by atoms with van der Waals surface area (Å²) in [5, 5.41) is 6.79. The number of para-hydroxylation sites is 1. The lowest BCUT2D eigenvalue weighted by molar-refractivity contribution is 0.122. The third kappa shape index (κ3) is 4.92. The van der Waals surface area contributed by atoms with Crippen LogP contribution in [0.4, 0.5) is 5.69 Å². The van der Waals surface area contributed by atoms with E-state index in [-0.39, 0.29) is 6.79 Å². The summed E-state index contributed by atoms with van der Waals surface area (Å²) in [4.78, 5) is 7.12. The fraction of sp³-hybridized carbons (Fsp3) is 0.409. The number of guanidine groups is 1. The number of nitrogens with zero attached hydrogens (tertiary/aromatic N) is 2. The maximum Gasteiger partial charge on any atom is 0.231 e. The van der Waals surface area contributed by atoms with Crippen LogP contribution < -0.4 is 25.0 Å². The molecule has 2 heterocycles. The van der Waals surface area contributed by atoms with Crippen molar-refractivity contribution in [3.8, 4) is 11.5 Å². The molecule has 4 rings (SSSR count). The first kappa shape index (κ1) is 19.4. The van der Waals surface area contributed by atoms with E-state index in [0.29, 0.717) is 13.1 Å². The molecule has 2 aromatic rings. The molecular formula is C22H28N4O3. The van der Waals surface area contributed by atoms with Gasteiger partial charge in [-0.1, -0.05) is 24.3 Å². The minimum atomic E-state index is 0.287. The normalized spacial score (nSPS) is 16.0. The SMILES string of the molecule is CCNC(=NCc1ccc2c(c1)OCO2)NCc1ccccc1N1CCOCC1. The van der Waals surface area contributed by atoms with E-state index >= 15 is 0 Å². The average Bonchev–Trinajstić information content (AvgIpc) is 3.24. The van der Waals surface area contributed by atoms with Crippen molar-refractivity contribution in [2.24, 2.45) is 4.99 Å². The number of nitrogens with one attached hydrogen (secondary N) is 2. The van der Waals surface area contributed by atoms with Gasteiger partial charge in [-0.25, -0.2) is 4.99 Å². The lowest BCUT2D eigenvalue weighted by atomic mass is 10.1. The summed E-state index contributed by atoms with van der Waals surface area (Å²) in [7, 11) is 0. The fourth-order valence-electron chi connectivity index (χ4n) is 3.50. The van der Waals surface area contributed by atoms with Gasteiger partial charge in [0.15, 0.2) is 17.5 Å². The number of fused-ring (bicyclic) bond motifs is 1. The smallest absolute Gasteiger partial charge is 0.231 e. The van der Waals surface area contributed by atoms with Gasteiger partial charge in [-0.15, -0.1) is 0 Å². The monoisotopic (exact) mass is 396 g/mol. The molecule has 0 atom stereocenters. The zero-order valence-corrected chi connectivity index (χ0v) is 16.8. The molecule has 0 amide bonds. The number of ether oxygens (including phenoxy) is 3. The number of aliphatic imine (C=N–C) groups is 1. The van der Waals surface area contributed by atoms with E-state index in [1.54, 1.807) is 0 Å². The Hall–Kier alpha value is -2.93. The van der Waals surface area contributed by atoms with Crippen LogP contribution in [0, 0.1) is 0 Å². The fourth-order valence-corrected chi connectivity index (χ4v) is 3.50. The van der Waals surface area contributed by atoms with Crippen LogP contribution in [0.3, 0.4) is 0 Å². The molecule has 0 aromatic heterocycles. The predicted molar refractivity (Wildman–Crippen MR) is 114 cm³/mol. The van der Waals surface area contributed by atoms with Crippen molar-refractivity contribution < 1.29 is 14.2 Å². The van der Waals surface area contributed by atoms with E-state index in [4.69, 9.17) is 19.2 Å². The maximum absolute atomic E-state index is 5.49. The topological polar surface area (TPSA) is 67.4 Å². The molecule has 0 bridgehead atoms. The van der Waals surface area contributed by atoms with Crippen LogP contribution in [0.5, 0.6) is 11.5 Å². The molecule has 2 aromatic carbocycles. The first-order valence-electron chi connectivity index (χ1n) is 10.1. The summed E-state index contributed by atoms with van der Waals surface area (Å²) < 4.78 is 16.3. The van der Waals surface area contributed by atoms with Gasteiger partial charge in [0.05, 0.1) is 19.8 Å². The third-order valence-corrected chi connectivity index (χ3v) is 4.99. The Morgan fingerprint density at radius 1 is 1.03 bits per heavy atom. The summed E-state index contributed by atoms with van der Waals surface area (Å²) in [6.07, 6.45) is 0. The highest BCUT2D eigenvalue weighted by Crippen LogP contribution is 2.32. The molecule has 2 aliphatic rings. The predicted octanol–water partition coefficient (Wildman–Crippen LogP) is 2.51. The van der Waals surface area contributed by atoms with Gasteiger partial charge < -0.3 is 29.7 Å².